The van der Waals surface area contributed by atoms with E-state index in [0.29, 0.717) is 6.42 Å². The molecular weight excluding hydrogens is 178 g/mol. The molecule has 4 nitrogen and oxygen atoms in total. The fourth-order valence-electron chi connectivity index (χ4n) is 1.45. The van der Waals surface area contributed by atoms with Crippen molar-refractivity contribution >= 4 is 5.91 Å². The zero-order chi connectivity index (χ0) is 11.2. The van der Waals surface area contributed by atoms with Gasteiger partial charge in [-0.1, -0.05) is 6.92 Å². The largest absolute Gasteiger partial charge is 0.370 e. The third kappa shape index (κ3) is 5.55. The molecular formula is C10H19N3O. The predicted octanol–water partition coefficient (Wildman–Crippen LogP) is 0.922. The Labute approximate surface area is 85.5 Å². The first kappa shape index (κ1) is 12.9. The van der Waals surface area contributed by atoms with Crippen molar-refractivity contribution in [1.82, 2.24) is 5.32 Å². The quantitative estimate of drug-likeness (QED) is 0.664. The zero-order valence-electron chi connectivity index (χ0n) is 9.13. The minimum Gasteiger partial charge on any atom is -0.370 e. The first-order valence-electron chi connectivity index (χ1n) is 4.84. The monoisotopic (exact) mass is 197 g/mol. The molecule has 0 saturated carbocycles. The number of rotatable bonds is 6. The third-order valence-corrected chi connectivity index (χ3v) is 2.04. The Morgan fingerprint density at radius 3 is 2.57 bits per heavy atom. The van der Waals surface area contributed by atoms with E-state index in [2.05, 4.69) is 11.4 Å². The smallest absolute Gasteiger partial charge is 0.219 e. The molecule has 1 atom stereocenters. The summed E-state index contributed by atoms with van der Waals surface area (Å²) >= 11 is 0. The van der Waals surface area contributed by atoms with Gasteiger partial charge >= 0.3 is 0 Å². The standard InChI is InChI=1S/C10H19N3O/c1-4-8(5-6-11)13-10(2,3)7-9(12)14/h8,13H,4-5,7H2,1-3H3,(H2,12,14). The van der Waals surface area contributed by atoms with Crippen LogP contribution in [0.15, 0.2) is 0 Å². The Hall–Kier alpha value is -1.08. The van der Waals surface area contributed by atoms with Gasteiger partial charge in [0, 0.05) is 18.0 Å². The van der Waals surface area contributed by atoms with Gasteiger partial charge in [0.1, 0.15) is 0 Å². The molecule has 0 aliphatic carbocycles. The fraction of sp³-hybridized carbons (Fsp3) is 0.800. The highest BCUT2D eigenvalue weighted by Gasteiger charge is 2.23. The summed E-state index contributed by atoms with van der Waals surface area (Å²) in [5.41, 5.74) is 4.80. The first-order chi connectivity index (χ1) is 6.41. The molecule has 3 N–H and O–H groups in total. The number of nitrogens with two attached hydrogens (primary N) is 1. The fourth-order valence-corrected chi connectivity index (χ4v) is 1.45. The van der Waals surface area contributed by atoms with E-state index in [-0.39, 0.29) is 23.9 Å². The van der Waals surface area contributed by atoms with Crippen molar-refractivity contribution < 1.29 is 4.79 Å². The van der Waals surface area contributed by atoms with Crippen LogP contribution in [0.1, 0.15) is 40.0 Å². The van der Waals surface area contributed by atoms with Crippen LogP contribution in [0.3, 0.4) is 0 Å². The second-order valence-corrected chi connectivity index (χ2v) is 4.14. The van der Waals surface area contributed by atoms with E-state index >= 15 is 0 Å². The average molecular weight is 197 g/mol. The van der Waals surface area contributed by atoms with E-state index in [0.717, 1.165) is 6.42 Å². The van der Waals surface area contributed by atoms with Crippen molar-refractivity contribution in [1.29, 1.82) is 5.26 Å². The molecule has 0 aliphatic rings. The molecule has 0 rings (SSSR count). The van der Waals surface area contributed by atoms with E-state index < -0.39 is 0 Å². The number of nitrogens with one attached hydrogen (secondary N) is 1. The maximum absolute atomic E-state index is 10.8. The number of nitriles is 1. The Balaban J connectivity index is 4.17. The van der Waals surface area contributed by atoms with Gasteiger partial charge in [-0.3, -0.25) is 4.79 Å². The molecule has 1 amide bonds. The summed E-state index contributed by atoms with van der Waals surface area (Å²) in [7, 11) is 0. The van der Waals surface area contributed by atoms with Crippen molar-refractivity contribution in [3.8, 4) is 6.07 Å². The molecule has 0 radical (unpaired) electrons. The molecule has 0 bridgehead atoms. The van der Waals surface area contributed by atoms with Crippen molar-refractivity contribution in [2.45, 2.75) is 51.6 Å². The van der Waals surface area contributed by atoms with Crippen LogP contribution in [0.4, 0.5) is 0 Å². The number of nitrogens with zero attached hydrogens (tertiary/aromatic N) is 1. The van der Waals surface area contributed by atoms with Gasteiger partial charge in [0.15, 0.2) is 0 Å². The lowest BCUT2D eigenvalue weighted by molar-refractivity contribution is -0.119. The minimum atomic E-state index is -0.330. The predicted molar refractivity (Wildman–Crippen MR) is 55.3 cm³/mol. The van der Waals surface area contributed by atoms with Gasteiger partial charge in [-0.25, -0.2) is 0 Å². The van der Waals surface area contributed by atoms with Crippen LogP contribution in [0.5, 0.6) is 0 Å². The van der Waals surface area contributed by atoms with Crippen LogP contribution in [0.25, 0.3) is 0 Å². The van der Waals surface area contributed by atoms with E-state index in [9.17, 15) is 4.79 Å². The van der Waals surface area contributed by atoms with E-state index in [1.807, 2.05) is 20.8 Å². The number of hydrogen-bond acceptors (Lipinski definition) is 3. The van der Waals surface area contributed by atoms with Crippen molar-refractivity contribution in [3.63, 3.8) is 0 Å². The first-order valence-corrected chi connectivity index (χ1v) is 4.84. The molecule has 0 fully saturated rings. The Morgan fingerprint density at radius 2 is 2.21 bits per heavy atom. The van der Waals surface area contributed by atoms with Crippen LogP contribution < -0.4 is 11.1 Å². The van der Waals surface area contributed by atoms with Gasteiger partial charge < -0.3 is 11.1 Å². The molecule has 0 aromatic carbocycles. The van der Waals surface area contributed by atoms with Crippen LogP contribution in [-0.2, 0) is 4.79 Å². The molecule has 14 heavy (non-hydrogen) atoms. The Kier molecular flexibility index (Phi) is 5.18. The van der Waals surface area contributed by atoms with E-state index in [1.165, 1.54) is 0 Å². The Bertz CT molecular complexity index is 230. The second kappa shape index (κ2) is 5.61. The minimum absolute atomic E-state index is 0.134. The van der Waals surface area contributed by atoms with Crippen LogP contribution >= 0.6 is 0 Å². The number of carbonyl (C=O) groups excluding carboxylic acids is 1. The van der Waals surface area contributed by atoms with E-state index in [1.54, 1.807) is 0 Å². The number of carbonyl (C=O) groups is 1. The summed E-state index contributed by atoms with van der Waals surface area (Å²) in [6.45, 7) is 5.84. The lowest BCUT2D eigenvalue weighted by atomic mass is 9.97. The zero-order valence-corrected chi connectivity index (χ0v) is 9.13. The van der Waals surface area contributed by atoms with Crippen molar-refractivity contribution in [3.05, 3.63) is 0 Å². The summed E-state index contributed by atoms with van der Waals surface area (Å²) in [6, 6.07) is 2.25. The van der Waals surface area contributed by atoms with Gasteiger partial charge in [0.2, 0.25) is 5.91 Å². The van der Waals surface area contributed by atoms with Gasteiger partial charge in [-0.2, -0.15) is 5.26 Å². The average Bonchev–Trinajstić information content (AvgIpc) is 2.00. The molecule has 0 aromatic rings. The molecule has 0 aromatic heterocycles. The highest BCUT2D eigenvalue weighted by atomic mass is 16.1. The summed E-state index contributed by atoms with van der Waals surface area (Å²) in [4.78, 5) is 10.8. The summed E-state index contributed by atoms with van der Waals surface area (Å²) < 4.78 is 0. The van der Waals surface area contributed by atoms with Crippen LogP contribution in [0, 0.1) is 11.3 Å². The van der Waals surface area contributed by atoms with Gasteiger partial charge in [-0.05, 0) is 20.3 Å². The SMILES string of the molecule is CCC(CC#N)NC(C)(C)CC(N)=O. The lowest BCUT2D eigenvalue weighted by Gasteiger charge is -2.29. The topological polar surface area (TPSA) is 78.9 Å². The number of primary amides is 1. The molecule has 4 heteroatoms. The number of hydrogen-bond donors (Lipinski definition) is 2. The molecule has 80 valence electrons. The summed E-state index contributed by atoms with van der Waals surface area (Å²) in [5.74, 6) is -0.325. The van der Waals surface area contributed by atoms with Crippen molar-refractivity contribution in [2.75, 3.05) is 0 Å². The Morgan fingerprint density at radius 1 is 1.64 bits per heavy atom. The highest BCUT2D eigenvalue weighted by Crippen LogP contribution is 2.11. The van der Waals surface area contributed by atoms with Gasteiger partial charge in [0.25, 0.3) is 0 Å². The molecule has 0 saturated heterocycles. The highest BCUT2D eigenvalue weighted by molar-refractivity contribution is 5.75. The maximum atomic E-state index is 10.8. The molecule has 0 aliphatic heterocycles. The van der Waals surface area contributed by atoms with Gasteiger partial charge in [-0.15, -0.1) is 0 Å². The second-order valence-electron chi connectivity index (χ2n) is 4.14. The van der Waals surface area contributed by atoms with Gasteiger partial charge in [0.05, 0.1) is 12.5 Å². The number of amides is 1. The third-order valence-electron chi connectivity index (χ3n) is 2.04. The van der Waals surface area contributed by atoms with E-state index in [4.69, 9.17) is 11.0 Å². The molecule has 0 heterocycles. The van der Waals surface area contributed by atoms with Crippen LogP contribution in [-0.4, -0.2) is 17.5 Å². The van der Waals surface area contributed by atoms with Crippen LogP contribution in [0.2, 0.25) is 0 Å². The maximum Gasteiger partial charge on any atom is 0.219 e. The van der Waals surface area contributed by atoms with Crippen molar-refractivity contribution in [2.24, 2.45) is 5.73 Å². The normalized spacial score (nSPS) is 13.3. The molecule has 1 unspecified atom stereocenters. The molecule has 0 spiro atoms. The summed E-state index contributed by atoms with van der Waals surface area (Å²) in [5, 5.41) is 11.8. The lowest BCUT2D eigenvalue weighted by Crippen LogP contribution is -2.47. The summed E-state index contributed by atoms with van der Waals surface area (Å²) in [6.07, 6.45) is 1.61.